The molecule has 0 saturated carbocycles. The highest BCUT2D eigenvalue weighted by molar-refractivity contribution is 7.88. The third-order valence-corrected chi connectivity index (χ3v) is 6.77. The van der Waals surface area contributed by atoms with Crippen LogP contribution in [-0.4, -0.2) is 63.9 Å². The third-order valence-electron chi connectivity index (χ3n) is 4.04. The van der Waals surface area contributed by atoms with E-state index in [1.54, 1.807) is 4.31 Å². The maximum absolute atomic E-state index is 12.7. The molecule has 0 aliphatic carbocycles. The number of nitrogens with zero attached hydrogens (tertiary/aromatic N) is 2. The molecule has 9 heteroatoms. The summed E-state index contributed by atoms with van der Waals surface area (Å²) in [5, 5.41) is 0. The van der Waals surface area contributed by atoms with Crippen LogP contribution in [0.4, 0.5) is 0 Å². The molecule has 0 spiro atoms. The zero-order valence-electron chi connectivity index (χ0n) is 12.7. The summed E-state index contributed by atoms with van der Waals surface area (Å²) in [5.41, 5.74) is 0. The van der Waals surface area contributed by atoms with Crippen molar-refractivity contribution in [2.45, 2.75) is 38.6 Å². The van der Waals surface area contributed by atoms with E-state index in [0.717, 1.165) is 19.1 Å². The summed E-state index contributed by atoms with van der Waals surface area (Å²) >= 11 is 0. The molecule has 21 heavy (non-hydrogen) atoms. The van der Waals surface area contributed by atoms with E-state index in [1.807, 2.05) is 0 Å². The van der Waals surface area contributed by atoms with Crippen molar-refractivity contribution in [2.75, 3.05) is 32.4 Å². The molecule has 2 aliphatic rings. The van der Waals surface area contributed by atoms with E-state index in [9.17, 15) is 16.8 Å². The fourth-order valence-corrected chi connectivity index (χ4v) is 5.73. The Labute approximate surface area is 127 Å². The molecule has 0 radical (unpaired) electrons. The summed E-state index contributed by atoms with van der Waals surface area (Å²) in [6, 6.07) is -0.328. The molecule has 2 fully saturated rings. The number of hydrogen-bond donors (Lipinski definition) is 1. The van der Waals surface area contributed by atoms with Crippen molar-refractivity contribution in [3.05, 3.63) is 0 Å². The van der Waals surface area contributed by atoms with Gasteiger partial charge in [-0.3, -0.25) is 0 Å². The van der Waals surface area contributed by atoms with Gasteiger partial charge in [-0.2, -0.15) is 17.0 Å². The lowest BCUT2D eigenvalue weighted by Crippen LogP contribution is -2.54. The predicted molar refractivity (Wildman–Crippen MR) is 81.5 cm³/mol. The van der Waals surface area contributed by atoms with E-state index < -0.39 is 20.2 Å². The molecule has 0 unspecified atom stereocenters. The first-order valence-corrected chi connectivity index (χ1v) is 10.7. The van der Waals surface area contributed by atoms with Crippen LogP contribution in [0.15, 0.2) is 0 Å². The average Bonchev–Trinajstić information content (AvgIpc) is 2.37. The molecule has 0 aromatic rings. The monoisotopic (exact) mass is 339 g/mol. The summed E-state index contributed by atoms with van der Waals surface area (Å²) in [6.07, 6.45) is 4.40. The molecule has 0 bridgehead atoms. The second-order valence-corrected chi connectivity index (χ2v) is 9.91. The Kier molecular flexibility index (Phi) is 5.30. The molecule has 2 atom stereocenters. The van der Waals surface area contributed by atoms with Gasteiger partial charge in [-0.1, -0.05) is 6.92 Å². The standard InChI is InChI=1S/C12H25N3O4S2/c1-11-5-3-7-14(9-11)21(18,19)15-8-4-6-12(10-15)13-20(2,16)17/h11-13H,3-10H2,1-2H3/t11-,12+/m0/s1. The zero-order valence-corrected chi connectivity index (χ0v) is 14.3. The lowest BCUT2D eigenvalue weighted by molar-refractivity contribution is 0.237. The largest absolute Gasteiger partial charge is 0.282 e. The van der Waals surface area contributed by atoms with Crippen molar-refractivity contribution in [1.29, 1.82) is 0 Å². The van der Waals surface area contributed by atoms with Crippen molar-refractivity contribution in [1.82, 2.24) is 13.3 Å². The van der Waals surface area contributed by atoms with Gasteiger partial charge in [0, 0.05) is 32.2 Å². The zero-order chi connectivity index (χ0) is 15.7. The van der Waals surface area contributed by atoms with Crippen LogP contribution in [0.5, 0.6) is 0 Å². The normalized spacial score (nSPS) is 30.4. The van der Waals surface area contributed by atoms with E-state index in [1.165, 1.54) is 4.31 Å². The first-order chi connectivity index (χ1) is 9.68. The van der Waals surface area contributed by atoms with Crippen LogP contribution in [0, 0.1) is 5.92 Å². The highest BCUT2D eigenvalue weighted by Gasteiger charge is 2.35. The van der Waals surface area contributed by atoms with E-state index >= 15 is 0 Å². The number of piperidine rings is 2. The summed E-state index contributed by atoms with van der Waals surface area (Å²) in [7, 11) is -6.79. The van der Waals surface area contributed by atoms with Crippen molar-refractivity contribution in [3.63, 3.8) is 0 Å². The van der Waals surface area contributed by atoms with Gasteiger partial charge in [0.15, 0.2) is 0 Å². The molecular weight excluding hydrogens is 314 g/mol. The van der Waals surface area contributed by atoms with Crippen LogP contribution in [-0.2, 0) is 20.2 Å². The minimum atomic E-state index is -3.47. The Bertz CT molecular complexity index is 561. The minimum Gasteiger partial charge on any atom is -0.213 e. The molecule has 0 aromatic carbocycles. The van der Waals surface area contributed by atoms with Crippen LogP contribution in [0.3, 0.4) is 0 Å². The topological polar surface area (TPSA) is 86.8 Å². The van der Waals surface area contributed by atoms with Gasteiger partial charge < -0.3 is 0 Å². The van der Waals surface area contributed by atoms with Crippen LogP contribution < -0.4 is 4.72 Å². The van der Waals surface area contributed by atoms with Crippen LogP contribution in [0.1, 0.15) is 32.6 Å². The van der Waals surface area contributed by atoms with Crippen molar-refractivity contribution in [2.24, 2.45) is 5.92 Å². The Morgan fingerprint density at radius 3 is 2.10 bits per heavy atom. The van der Waals surface area contributed by atoms with Gasteiger partial charge in [0.2, 0.25) is 10.0 Å². The highest BCUT2D eigenvalue weighted by Crippen LogP contribution is 2.23. The molecule has 7 nitrogen and oxygen atoms in total. The summed E-state index contributed by atoms with van der Waals surface area (Å²) in [5.74, 6) is 0.378. The molecule has 124 valence electrons. The highest BCUT2D eigenvalue weighted by atomic mass is 32.2. The van der Waals surface area contributed by atoms with Crippen molar-refractivity contribution >= 4 is 20.2 Å². The van der Waals surface area contributed by atoms with Gasteiger partial charge >= 0.3 is 0 Å². The lowest BCUT2D eigenvalue weighted by atomic mass is 10.0. The van der Waals surface area contributed by atoms with Crippen molar-refractivity contribution in [3.8, 4) is 0 Å². The van der Waals surface area contributed by atoms with E-state index in [4.69, 9.17) is 0 Å². The van der Waals surface area contributed by atoms with Gasteiger partial charge in [0.25, 0.3) is 10.2 Å². The van der Waals surface area contributed by atoms with Gasteiger partial charge in [-0.05, 0) is 31.6 Å². The number of rotatable bonds is 4. The van der Waals surface area contributed by atoms with E-state index in [-0.39, 0.29) is 12.6 Å². The van der Waals surface area contributed by atoms with Gasteiger partial charge in [0.05, 0.1) is 6.26 Å². The Balaban J connectivity index is 2.05. The van der Waals surface area contributed by atoms with Crippen molar-refractivity contribution < 1.29 is 16.8 Å². The van der Waals surface area contributed by atoms with Crippen LogP contribution >= 0.6 is 0 Å². The Morgan fingerprint density at radius 1 is 0.952 bits per heavy atom. The fourth-order valence-electron chi connectivity index (χ4n) is 3.07. The van der Waals surface area contributed by atoms with Gasteiger partial charge in [-0.25, -0.2) is 13.1 Å². The Hall–Kier alpha value is -0.220. The molecular formula is C12H25N3O4S2. The summed E-state index contributed by atoms with van der Waals surface area (Å²) in [6.45, 7) is 3.87. The molecule has 0 aromatic heterocycles. The number of hydrogen-bond acceptors (Lipinski definition) is 4. The Morgan fingerprint density at radius 2 is 1.52 bits per heavy atom. The molecule has 2 saturated heterocycles. The minimum absolute atomic E-state index is 0.223. The SMILES string of the molecule is C[C@H]1CCCN(S(=O)(=O)N2CCC[C@@H](NS(C)(=O)=O)C2)C1. The summed E-state index contributed by atoms with van der Waals surface area (Å²) < 4.78 is 53.5. The quantitative estimate of drug-likeness (QED) is 0.780. The second-order valence-electron chi connectivity index (χ2n) is 6.20. The third kappa shape index (κ3) is 4.62. The molecule has 2 aliphatic heterocycles. The van der Waals surface area contributed by atoms with Gasteiger partial charge in [0.1, 0.15) is 0 Å². The summed E-state index contributed by atoms with van der Waals surface area (Å²) in [4.78, 5) is 0. The number of nitrogens with one attached hydrogen (secondary N) is 1. The fraction of sp³-hybridized carbons (Fsp3) is 1.00. The predicted octanol–water partition coefficient (Wildman–Crippen LogP) is -0.0233. The first-order valence-electron chi connectivity index (χ1n) is 7.41. The first kappa shape index (κ1) is 17.1. The molecule has 2 rings (SSSR count). The van der Waals surface area contributed by atoms with E-state index in [2.05, 4.69) is 11.6 Å². The maximum Gasteiger partial charge on any atom is 0.282 e. The van der Waals surface area contributed by atoms with Crippen LogP contribution in [0.25, 0.3) is 0 Å². The number of sulfonamides is 1. The second kappa shape index (κ2) is 6.49. The molecule has 1 N–H and O–H groups in total. The van der Waals surface area contributed by atoms with Crippen LogP contribution in [0.2, 0.25) is 0 Å². The molecule has 0 amide bonds. The lowest BCUT2D eigenvalue weighted by Gasteiger charge is -2.38. The van der Waals surface area contributed by atoms with Gasteiger partial charge in [-0.15, -0.1) is 0 Å². The smallest absolute Gasteiger partial charge is 0.213 e. The average molecular weight is 339 g/mol. The van der Waals surface area contributed by atoms with E-state index in [0.29, 0.717) is 38.4 Å². The maximum atomic E-state index is 12.7. The molecule has 2 heterocycles.